The highest BCUT2D eigenvalue weighted by Crippen LogP contribution is 2.30. The van der Waals surface area contributed by atoms with Gasteiger partial charge in [0.05, 0.1) is 7.11 Å². The summed E-state index contributed by atoms with van der Waals surface area (Å²) in [5, 5.41) is 10.2. The van der Waals surface area contributed by atoms with Gasteiger partial charge >= 0.3 is 0 Å². The highest BCUT2D eigenvalue weighted by molar-refractivity contribution is 5.31. The number of hydrogen-bond donors (Lipinski definition) is 1. The third kappa shape index (κ3) is 2.23. The Hall–Kier alpha value is -1.09. The maximum Gasteiger partial charge on any atom is 0.143 e. The van der Waals surface area contributed by atoms with Crippen LogP contribution in [0.15, 0.2) is 18.3 Å². The number of pyridine rings is 1. The molecular weight excluding hydrogens is 178 g/mol. The van der Waals surface area contributed by atoms with Crippen molar-refractivity contribution >= 4 is 0 Å². The molecule has 0 fully saturated rings. The van der Waals surface area contributed by atoms with Crippen LogP contribution in [-0.2, 0) is 5.60 Å². The Kier molecular flexibility index (Phi) is 3.47. The Morgan fingerprint density at radius 2 is 2.29 bits per heavy atom. The van der Waals surface area contributed by atoms with Crippen LogP contribution in [0.25, 0.3) is 0 Å². The summed E-state index contributed by atoms with van der Waals surface area (Å²) in [6.07, 6.45) is 3.26. The first-order chi connectivity index (χ1) is 6.61. The van der Waals surface area contributed by atoms with Gasteiger partial charge in [0.25, 0.3) is 0 Å². The van der Waals surface area contributed by atoms with Gasteiger partial charge in [-0.15, -0.1) is 0 Å². The van der Waals surface area contributed by atoms with E-state index in [-0.39, 0.29) is 0 Å². The van der Waals surface area contributed by atoms with Crippen molar-refractivity contribution in [2.24, 2.45) is 0 Å². The molecule has 1 heterocycles. The van der Waals surface area contributed by atoms with Crippen molar-refractivity contribution in [1.29, 1.82) is 0 Å². The Labute approximate surface area is 84.7 Å². The van der Waals surface area contributed by atoms with Crippen molar-refractivity contribution in [2.75, 3.05) is 7.11 Å². The van der Waals surface area contributed by atoms with Gasteiger partial charge in [-0.2, -0.15) is 0 Å². The van der Waals surface area contributed by atoms with Crippen molar-refractivity contribution in [1.82, 2.24) is 4.98 Å². The molecule has 1 aromatic heterocycles. The fourth-order valence-electron chi connectivity index (χ4n) is 1.56. The molecule has 0 saturated carbocycles. The third-order valence-electron chi connectivity index (χ3n) is 2.24. The minimum Gasteiger partial charge on any atom is -0.495 e. The second-order valence-electron chi connectivity index (χ2n) is 3.58. The first kappa shape index (κ1) is 11.0. The molecule has 1 atom stereocenters. The van der Waals surface area contributed by atoms with Gasteiger partial charge in [-0.3, -0.25) is 4.98 Å². The summed E-state index contributed by atoms with van der Waals surface area (Å²) in [6, 6.07) is 3.61. The number of nitrogens with zero attached hydrogens (tertiary/aromatic N) is 1. The van der Waals surface area contributed by atoms with Crippen LogP contribution in [0.5, 0.6) is 5.75 Å². The Bertz CT molecular complexity index is 297. The van der Waals surface area contributed by atoms with Gasteiger partial charge < -0.3 is 9.84 Å². The fourth-order valence-corrected chi connectivity index (χ4v) is 1.56. The monoisotopic (exact) mass is 195 g/mol. The van der Waals surface area contributed by atoms with Crippen molar-refractivity contribution in [3.8, 4) is 5.75 Å². The maximum atomic E-state index is 10.2. The molecule has 0 aromatic carbocycles. The lowest BCUT2D eigenvalue weighted by Crippen LogP contribution is -2.23. The van der Waals surface area contributed by atoms with Crippen molar-refractivity contribution in [3.63, 3.8) is 0 Å². The maximum absolute atomic E-state index is 10.2. The lowest BCUT2D eigenvalue weighted by atomic mass is 9.95. The average Bonchev–Trinajstić information content (AvgIpc) is 2.18. The SMILES string of the molecule is CCCC(C)(O)c1ncccc1OC. The number of hydrogen-bond acceptors (Lipinski definition) is 3. The van der Waals surface area contributed by atoms with E-state index < -0.39 is 5.60 Å². The van der Waals surface area contributed by atoms with Crippen LogP contribution >= 0.6 is 0 Å². The van der Waals surface area contributed by atoms with Crippen molar-refractivity contribution < 1.29 is 9.84 Å². The molecule has 1 N–H and O–H groups in total. The van der Waals surface area contributed by atoms with Gasteiger partial charge in [0.15, 0.2) is 0 Å². The zero-order valence-corrected chi connectivity index (χ0v) is 8.95. The smallest absolute Gasteiger partial charge is 0.143 e. The van der Waals surface area contributed by atoms with E-state index in [9.17, 15) is 5.11 Å². The molecule has 0 amide bonds. The number of aromatic nitrogens is 1. The largest absolute Gasteiger partial charge is 0.495 e. The molecule has 1 unspecified atom stereocenters. The van der Waals surface area contributed by atoms with Gasteiger partial charge in [0.2, 0.25) is 0 Å². The fraction of sp³-hybridized carbons (Fsp3) is 0.545. The molecule has 3 nitrogen and oxygen atoms in total. The summed E-state index contributed by atoms with van der Waals surface area (Å²) in [4.78, 5) is 4.16. The highest BCUT2D eigenvalue weighted by atomic mass is 16.5. The lowest BCUT2D eigenvalue weighted by Gasteiger charge is -2.23. The molecule has 1 aromatic rings. The molecule has 0 saturated heterocycles. The molecular formula is C11H17NO2. The predicted octanol–water partition coefficient (Wildman–Crippen LogP) is 2.10. The van der Waals surface area contributed by atoms with Crippen molar-refractivity contribution in [3.05, 3.63) is 24.0 Å². The van der Waals surface area contributed by atoms with Crippen LogP contribution in [0.4, 0.5) is 0 Å². The molecule has 0 radical (unpaired) electrons. The van der Waals surface area contributed by atoms with Gasteiger partial charge in [-0.05, 0) is 25.5 Å². The van der Waals surface area contributed by atoms with E-state index in [1.54, 1.807) is 26.3 Å². The van der Waals surface area contributed by atoms with Crippen LogP contribution in [0.1, 0.15) is 32.4 Å². The summed E-state index contributed by atoms with van der Waals surface area (Å²) in [5.41, 5.74) is -0.286. The van der Waals surface area contributed by atoms with Crippen LogP contribution in [-0.4, -0.2) is 17.2 Å². The van der Waals surface area contributed by atoms with E-state index in [4.69, 9.17) is 4.74 Å². The van der Waals surface area contributed by atoms with Gasteiger partial charge in [0.1, 0.15) is 17.0 Å². The van der Waals surface area contributed by atoms with E-state index in [1.807, 2.05) is 13.0 Å². The summed E-state index contributed by atoms with van der Waals surface area (Å²) in [7, 11) is 1.59. The normalized spacial score (nSPS) is 14.9. The predicted molar refractivity (Wildman–Crippen MR) is 55.3 cm³/mol. The molecule has 1 rings (SSSR count). The number of methoxy groups -OCH3 is 1. The van der Waals surface area contributed by atoms with Gasteiger partial charge in [0, 0.05) is 6.20 Å². The van der Waals surface area contributed by atoms with Crippen LogP contribution < -0.4 is 4.74 Å². The van der Waals surface area contributed by atoms with Crippen LogP contribution in [0.3, 0.4) is 0 Å². The number of aliphatic hydroxyl groups is 1. The number of rotatable bonds is 4. The molecule has 0 bridgehead atoms. The van der Waals surface area contributed by atoms with Gasteiger partial charge in [-0.1, -0.05) is 13.3 Å². The Morgan fingerprint density at radius 1 is 1.57 bits per heavy atom. The summed E-state index contributed by atoms with van der Waals surface area (Å²) >= 11 is 0. The molecule has 0 aliphatic heterocycles. The molecule has 78 valence electrons. The molecule has 0 spiro atoms. The molecule has 14 heavy (non-hydrogen) atoms. The van der Waals surface area contributed by atoms with E-state index >= 15 is 0 Å². The lowest BCUT2D eigenvalue weighted by molar-refractivity contribution is 0.0398. The molecule has 0 aliphatic carbocycles. The number of ether oxygens (including phenoxy) is 1. The zero-order chi connectivity index (χ0) is 10.6. The minimum atomic E-state index is -0.901. The molecule has 0 aliphatic rings. The van der Waals surface area contributed by atoms with E-state index in [0.717, 1.165) is 6.42 Å². The van der Waals surface area contributed by atoms with E-state index in [1.165, 1.54) is 0 Å². The summed E-state index contributed by atoms with van der Waals surface area (Å²) in [6.45, 7) is 3.80. The first-order valence-electron chi connectivity index (χ1n) is 4.83. The topological polar surface area (TPSA) is 42.4 Å². The van der Waals surface area contributed by atoms with Crippen LogP contribution in [0.2, 0.25) is 0 Å². The molecule has 3 heteroatoms. The standard InChI is InChI=1S/C11H17NO2/c1-4-7-11(2,13)10-9(14-3)6-5-8-12-10/h5-6,8,13H,4,7H2,1-3H3. The van der Waals surface area contributed by atoms with Crippen LogP contribution in [0, 0.1) is 0 Å². The van der Waals surface area contributed by atoms with Gasteiger partial charge in [-0.25, -0.2) is 0 Å². The second kappa shape index (κ2) is 4.42. The average molecular weight is 195 g/mol. The quantitative estimate of drug-likeness (QED) is 0.800. The summed E-state index contributed by atoms with van der Waals surface area (Å²) in [5.74, 6) is 0.644. The zero-order valence-electron chi connectivity index (χ0n) is 8.95. The second-order valence-corrected chi connectivity index (χ2v) is 3.58. The Morgan fingerprint density at radius 3 is 2.86 bits per heavy atom. The van der Waals surface area contributed by atoms with Crippen molar-refractivity contribution in [2.45, 2.75) is 32.3 Å². The Balaban J connectivity index is 3.04. The first-order valence-corrected chi connectivity index (χ1v) is 4.83. The van der Waals surface area contributed by atoms with E-state index in [0.29, 0.717) is 17.9 Å². The third-order valence-corrected chi connectivity index (χ3v) is 2.24. The highest BCUT2D eigenvalue weighted by Gasteiger charge is 2.26. The summed E-state index contributed by atoms with van der Waals surface area (Å²) < 4.78 is 5.16. The minimum absolute atomic E-state index is 0.615. The van der Waals surface area contributed by atoms with E-state index in [2.05, 4.69) is 4.98 Å².